The van der Waals surface area contributed by atoms with E-state index >= 15 is 0 Å². The molecule has 1 heterocycles. The van der Waals surface area contributed by atoms with Gasteiger partial charge in [0.15, 0.2) is 5.78 Å². The number of Topliss-reactive ketones (excluding diaryl/α,β-unsaturated/α-hetero) is 1. The zero-order valence-corrected chi connectivity index (χ0v) is 14.7. The normalized spacial score (nSPS) is 25.5. The van der Waals surface area contributed by atoms with E-state index < -0.39 is 28.5 Å². The van der Waals surface area contributed by atoms with Crippen molar-refractivity contribution < 1.29 is 22.8 Å². The van der Waals surface area contributed by atoms with Crippen molar-refractivity contribution in [3.05, 3.63) is 47.2 Å². The Kier molecular flexibility index (Phi) is 4.16. The van der Waals surface area contributed by atoms with Crippen LogP contribution in [0.5, 0.6) is 0 Å². The second-order valence-electron chi connectivity index (χ2n) is 7.91. The van der Waals surface area contributed by atoms with Gasteiger partial charge in [-0.15, -0.1) is 0 Å². The van der Waals surface area contributed by atoms with E-state index in [1.807, 2.05) is 13.8 Å². The molecule has 1 aromatic carbocycles. The molecule has 0 bridgehead atoms. The maximum Gasteiger partial charge on any atom is 0.416 e. The minimum absolute atomic E-state index is 0.0139. The van der Waals surface area contributed by atoms with Crippen molar-refractivity contribution in [1.29, 1.82) is 0 Å². The van der Waals surface area contributed by atoms with Crippen LogP contribution in [0.1, 0.15) is 42.6 Å². The molecule has 1 aliphatic heterocycles. The zero-order chi connectivity index (χ0) is 19.3. The lowest BCUT2D eigenvalue weighted by Gasteiger charge is -2.39. The Morgan fingerprint density at radius 3 is 2.58 bits per heavy atom. The SMILES string of the molecule is CC1(C)C[C@]2(C=C(N)C1=O)CCN(C(=O)c1cccc(C(F)(F)F)c1)C2. The predicted octanol–water partition coefficient (Wildman–Crippen LogP) is 3.38. The maximum absolute atomic E-state index is 12.9. The van der Waals surface area contributed by atoms with E-state index in [1.54, 1.807) is 11.0 Å². The van der Waals surface area contributed by atoms with Crippen LogP contribution in [0, 0.1) is 10.8 Å². The van der Waals surface area contributed by atoms with Crippen molar-refractivity contribution in [2.75, 3.05) is 13.1 Å². The minimum atomic E-state index is -4.49. The lowest BCUT2D eigenvalue weighted by molar-refractivity contribution is -0.137. The quantitative estimate of drug-likeness (QED) is 0.829. The van der Waals surface area contributed by atoms with Crippen LogP contribution in [-0.2, 0) is 11.0 Å². The number of rotatable bonds is 1. The first kappa shape index (κ1) is 18.5. The smallest absolute Gasteiger partial charge is 0.396 e. The number of allylic oxidation sites excluding steroid dienone is 1. The fraction of sp³-hybridized carbons (Fsp3) is 0.474. The van der Waals surface area contributed by atoms with E-state index in [0.717, 1.165) is 12.1 Å². The first-order chi connectivity index (χ1) is 11.9. The number of carbonyl (C=O) groups is 2. The number of hydrogen-bond donors (Lipinski definition) is 1. The number of halogens is 3. The lowest BCUT2D eigenvalue weighted by atomic mass is 9.65. The highest BCUT2D eigenvalue weighted by atomic mass is 19.4. The molecule has 1 amide bonds. The van der Waals surface area contributed by atoms with E-state index in [-0.39, 0.29) is 17.0 Å². The number of carbonyl (C=O) groups excluding carboxylic acids is 2. The van der Waals surface area contributed by atoms with E-state index in [9.17, 15) is 22.8 Å². The molecule has 7 heteroatoms. The zero-order valence-electron chi connectivity index (χ0n) is 14.7. The fourth-order valence-corrected chi connectivity index (χ4v) is 4.14. The predicted molar refractivity (Wildman–Crippen MR) is 90.1 cm³/mol. The van der Waals surface area contributed by atoms with Gasteiger partial charge in [-0.25, -0.2) is 0 Å². The standard InChI is InChI=1S/C19H21F3N2O2/c1-17(2)10-18(9-14(23)15(17)25)6-7-24(11-18)16(26)12-4-3-5-13(8-12)19(20,21)22/h3-5,8-9H,6-7,10-11,23H2,1-2H3/t18-/m1/s1. The fourth-order valence-electron chi connectivity index (χ4n) is 4.14. The Labute approximate surface area is 149 Å². The van der Waals surface area contributed by atoms with E-state index in [2.05, 4.69) is 0 Å². The van der Waals surface area contributed by atoms with Crippen molar-refractivity contribution in [3.63, 3.8) is 0 Å². The molecule has 1 fully saturated rings. The molecule has 0 aromatic heterocycles. The topological polar surface area (TPSA) is 63.4 Å². The van der Waals surface area contributed by atoms with Crippen molar-refractivity contribution in [2.24, 2.45) is 16.6 Å². The molecule has 3 rings (SSSR count). The minimum Gasteiger partial charge on any atom is -0.396 e. The first-order valence-electron chi connectivity index (χ1n) is 8.43. The second-order valence-corrected chi connectivity index (χ2v) is 7.91. The lowest BCUT2D eigenvalue weighted by Crippen LogP contribution is -2.42. The van der Waals surface area contributed by atoms with Crippen LogP contribution in [0.4, 0.5) is 13.2 Å². The maximum atomic E-state index is 12.9. The molecule has 1 spiro atoms. The number of likely N-dealkylation sites (tertiary alicyclic amines) is 1. The summed E-state index contributed by atoms with van der Waals surface area (Å²) in [4.78, 5) is 26.4. The van der Waals surface area contributed by atoms with Gasteiger partial charge in [0.05, 0.1) is 11.3 Å². The van der Waals surface area contributed by atoms with E-state index in [0.29, 0.717) is 25.9 Å². The average Bonchev–Trinajstić information content (AvgIpc) is 2.94. The van der Waals surface area contributed by atoms with Crippen molar-refractivity contribution in [1.82, 2.24) is 4.90 Å². The Bertz CT molecular complexity index is 798. The molecule has 1 aromatic rings. The van der Waals surface area contributed by atoms with Crippen molar-refractivity contribution in [3.8, 4) is 0 Å². The number of nitrogens with two attached hydrogens (primary N) is 1. The molecular weight excluding hydrogens is 345 g/mol. The molecule has 1 atom stereocenters. The van der Waals surface area contributed by atoms with Crippen LogP contribution >= 0.6 is 0 Å². The van der Waals surface area contributed by atoms with Gasteiger partial charge in [-0.3, -0.25) is 9.59 Å². The van der Waals surface area contributed by atoms with Crippen LogP contribution in [0.25, 0.3) is 0 Å². The third kappa shape index (κ3) is 3.22. The number of benzene rings is 1. The third-order valence-corrected chi connectivity index (χ3v) is 5.24. The molecule has 1 aliphatic carbocycles. The van der Waals surface area contributed by atoms with Gasteiger partial charge >= 0.3 is 6.18 Å². The van der Waals surface area contributed by atoms with Gasteiger partial charge in [-0.2, -0.15) is 13.2 Å². The Morgan fingerprint density at radius 1 is 1.27 bits per heavy atom. The molecule has 2 N–H and O–H groups in total. The van der Waals surface area contributed by atoms with Crippen LogP contribution in [0.2, 0.25) is 0 Å². The summed E-state index contributed by atoms with van der Waals surface area (Å²) in [6.07, 6.45) is -1.56. The third-order valence-electron chi connectivity index (χ3n) is 5.24. The van der Waals surface area contributed by atoms with Crippen LogP contribution in [0.3, 0.4) is 0 Å². The Morgan fingerprint density at radius 2 is 1.96 bits per heavy atom. The van der Waals surface area contributed by atoms with Gasteiger partial charge in [0.25, 0.3) is 5.91 Å². The van der Waals surface area contributed by atoms with Crippen molar-refractivity contribution >= 4 is 11.7 Å². The molecule has 4 nitrogen and oxygen atoms in total. The molecular formula is C19H21F3N2O2. The number of amides is 1. The summed E-state index contributed by atoms with van der Waals surface area (Å²) < 4.78 is 38.6. The van der Waals surface area contributed by atoms with Gasteiger partial charge in [0.2, 0.25) is 0 Å². The van der Waals surface area contributed by atoms with Gasteiger partial charge in [0.1, 0.15) is 0 Å². The second kappa shape index (κ2) is 5.86. The summed E-state index contributed by atoms with van der Waals surface area (Å²) in [5.41, 5.74) is 4.25. The molecule has 0 saturated carbocycles. The summed E-state index contributed by atoms with van der Waals surface area (Å²) in [7, 11) is 0. The molecule has 26 heavy (non-hydrogen) atoms. The number of alkyl halides is 3. The number of hydrogen-bond acceptors (Lipinski definition) is 3. The highest BCUT2D eigenvalue weighted by Gasteiger charge is 2.48. The number of ketones is 1. The van der Waals surface area contributed by atoms with E-state index in [1.165, 1.54) is 12.1 Å². The van der Waals surface area contributed by atoms with E-state index in [4.69, 9.17) is 5.73 Å². The highest BCUT2D eigenvalue weighted by molar-refractivity contribution is 6.00. The molecule has 0 radical (unpaired) electrons. The average molecular weight is 366 g/mol. The summed E-state index contributed by atoms with van der Waals surface area (Å²) in [6, 6.07) is 4.45. The van der Waals surface area contributed by atoms with Crippen LogP contribution in [-0.4, -0.2) is 29.7 Å². The Balaban J connectivity index is 1.83. The Hall–Kier alpha value is -2.31. The monoisotopic (exact) mass is 366 g/mol. The largest absolute Gasteiger partial charge is 0.416 e. The van der Waals surface area contributed by atoms with Gasteiger partial charge in [0, 0.05) is 29.5 Å². The number of nitrogens with zero attached hydrogens (tertiary/aromatic N) is 1. The van der Waals surface area contributed by atoms with Crippen LogP contribution < -0.4 is 5.73 Å². The molecule has 140 valence electrons. The summed E-state index contributed by atoms with van der Waals surface area (Å²) in [6.45, 7) is 4.42. The van der Waals surface area contributed by atoms with Gasteiger partial charge in [-0.1, -0.05) is 19.9 Å². The molecule has 1 saturated heterocycles. The summed E-state index contributed by atoms with van der Waals surface area (Å²) in [5, 5.41) is 0. The van der Waals surface area contributed by atoms with Gasteiger partial charge in [-0.05, 0) is 37.1 Å². The first-order valence-corrected chi connectivity index (χ1v) is 8.43. The van der Waals surface area contributed by atoms with Gasteiger partial charge < -0.3 is 10.6 Å². The highest BCUT2D eigenvalue weighted by Crippen LogP contribution is 2.47. The molecule has 2 aliphatic rings. The summed E-state index contributed by atoms with van der Waals surface area (Å²) >= 11 is 0. The molecule has 0 unspecified atom stereocenters. The summed E-state index contributed by atoms with van der Waals surface area (Å²) in [5.74, 6) is -0.541. The van der Waals surface area contributed by atoms with Crippen LogP contribution in [0.15, 0.2) is 36.0 Å². The van der Waals surface area contributed by atoms with Crippen molar-refractivity contribution in [2.45, 2.75) is 32.9 Å².